The van der Waals surface area contributed by atoms with Gasteiger partial charge in [0.05, 0.1) is 13.2 Å². The molecule has 1 saturated heterocycles. The minimum atomic E-state index is -0.719. The van der Waals surface area contributed by atoms with Crippen LogP contribution in [0.4, 0.5) is 4.79 Å². The smallest absolute Gasteiger partial charge is 0.325 e. The van der Waals surface area contributed by atoms with Crippen LogP contribution < -0.4 is 5.32 Å². The number of amides is 3. The summed E-state index contributed by atoms with van der Waals surface area (Å²) in [5.74, 6) is -0.213. The number of nitrogens with zero attached hydrogens (tertiary/aromatic N) is 1. The van der Waals surface area contributed by atoms with Gasteiger partial charge < -0.3 is 14.4 Å². The summed E-state index contributed by atoms with van der Waals surface area (Å²) in [4.78, 5) is 25.0. The fraction of sp³-hybridized carbons (Fsp3) is 0.833. The predicted octanol–water partition coefficient (Wildman–Crippen LogP) is 0.760. The van der Waals surface area contributed by atoms with Crippen LogP contribution in [0.2, 0.25) is 0 Å². The number of hydrogen-bond acceptors (Lipinski definition) is 4. The van der Waals surface area contributed by atoms with Crippen LogP contribution in [0.5, 0.6) is 0 Å². The number of methoxy groups -OCH3 is 1. The van der Waals surface area contributed by atoms with Crippen LogP contribution in [0, 0.1) is 0 Å². The maximum atomic E-state index is 11.7. The minimum absolute atomic E-state index is 0.213. The Morgan fingerprint density at radius 3 is 2.61 bits per heavy atom. The van der Waals surface area contributed by atoms with Crippen molar-refractivity contribution in [2.24, 2.45) is 0 Å². The molecule has 1 aliphatic heterocycles. The largest absolute Gasteiger partial charge is 0.382 e. The van der Waals surface area contributed by atoms with E-state index in [1.54, 1.807) is 18.9 Å². The van der Waals surface area contributed by atoms with Crippen molar-refractivity contribution < 1.29 is 19.1 Å². The van der Waals surface area contributed by atoms with Gasteiger partial charge in [-0.15, -0.1) is 0 Å². The predicted molar refractivity (Wildman–Crippen MR) is 66.3 cm³/mol. The number of carbonyl (C=O) groups is 2. The number of imide groups is 1. The number of urea groups is 1. The molecule has 0 aromatic carbocycles. The summed E-state index contributed by atoms with van der Waals surface area (Å²) in [6, 6.07) is -0.304. The van der Waals surface area contributed by atoms with Crippen LogP contribution in [0.3, 0.4) is 0 Å². The summed E-state index contributed by atoms with van der Waals surface area (Å²) < 4.78 is 10.2. The first-order valence-corrected chi connectivity index (χ1v) is 6.26. The first-order valence-electron chi connectivity index (χ1n) is 6.26. The summed E-state index contributed by atoms with van der Waals surface area (Å²) in [6.07, 6.45) is 1.31. The molecule has 0 bridgehead atoms. The second-order valence-corrected chi connectivity index (χ2v) is 4.50. The zero-order valence-corrected chi connectivity index (χ0v) is 11.3. The maximum Gasteiger partial charge on any atom is 0.325 e. The molecule has 6 heteroatoms. The van der Waals surface area contributed by atoms with E-state index in [1.165, 1.54) is 0 Å². The molecular formula is C12H22N2O4. The second-order valence-electron chi connectivity index (χ2n) is 4.50. The topological polar surface area (TPSA) is 67.9 Å². The Morgan fingerprint density at radius 2 is 2.00 bits per heavy atom. The number of hydrogen-bond donors (Lipinski definition) is 1. The SMILES string of the molecule is CCC1(C)C(=O)NC(=O)N1CCCOCCOC. The van der Waals surface area contributed by atoms with Crippen molar-refractivity contribution in [2.75, 3.05) is 33.5 Å². The lowest BCUT2D eigenvalue weighted by molar-refractivity contribution is -0.126. The van der Waals surface area contributed by atoms with E-state index in [0.717, 1.165) is 0 Å². The molecule has 0 radical (unpaired) electrons. The van der Waals surface area contributed by atoms with Crippen molar-refractivity contribution in [1.29, 1.82) is 0 Å². The van der Waals surface area contributed by atoms with E-state index in [-0.39, 0.29) is 11.9 Å². The van der Waals surface area contributed by atoms with Crippen molar-refractivity contribution in [1.82, 2.24) is 10.2 Å². The van der Waals surface area contributed by atoms with E-state index in [2.05, 4.69) is 5.32 Å². The molecule has 1 rings (SSSR count). The van der Waals surface area contributed by atoms with E-state index in [0.29, 0.717) is 39.2 Å². The van der Waals surface area contributed by atoms with Crippen LogP contribution in [-0.2, 0) is 14.3 Å². The van der Waals surface area contributed by atoms with Crippen LogP contribution >= 0.6 is 0 Å². The van der Waals surface area contributed by atoms with Crippen molar-refractivity contribution >= 4 is 11.9 Å². The fourth-order valence-corrected chi connectivity index (χ4v) is 1.91. The van der Waals surface area contributed by atoms with Gasteiger partial charge >= 0.3 is 6.03 Å². The molecule has 18 heavy (non-hydrogen) atoms. The highest BCUT2D eigenvalue weighted by molar-refractivity contribution is 6.06. The Kier molecular flexibility index (Phi) is 5.55. The number of nitrogens with one attached hydrogen (secondary N) is 1. The standard InChI is InChI=1S/C12H22N2O4/c1-4-12(2)10(15)13-11(16)14(12)6-5-7-18-9-8-17-3/h4-9H2,1-3H3,(H,13,15,16). The molecule has 1 atom stereocenters. The zero-order valence-electron chi connectivity index (χ0n) is 11.3. The average molecular weight is 258 g/mol. The van der Waals surface area contributed by atoms with Gasteiger partial charge in [0.1, 0.15) is 5.54 Å². The normalized spacial score (nSPS) is 23.6. The summed E-state index contributed by atoms with van der Waals surface area (Å²) in [7, 11) is 1.62. The monoisotopic (exact) mass is 258 g/mol. The summed E-state index contributed by atoms with van der Waals surface area (Å²) >= 11 is 0. The first-order chi connectivity index (χ1) is 8.56. The minimum Gasteiger partial charge on any atom is -0.382 e. The molecule has 0 aromatic rings. The average Bonchev–Trinajstić information content (AvgIpc) is 2.57. The molecule has 1 fully saturated rings. The highest BCUT2D eigenvalue weighted by atomic mass is 16.5. The fourth-order valence-electron chi connectivity index (χ4n) is 1.91. The van der Waals surface area contributed by atoms with Gasteiger partial charge in [-0.05, 0) is 19.8 Å². The Morgan fingerprint density at radius 1 is 1.28 bits per heavy atom. The van der Waals surface area contributed by atoms with E-state index in [1.807, 2.05) is 6.92 Å². The maximum absolute atomic E-state index is 11.7. The molecule has 0 spiro atoms. The molecule has 1 aliphatic rings. The second kappa shape index (κ2) is 6.70. The third-order valence-corrected chi connectivity index (χ3v) is 3.34. The number of ether oxygens (including phenoxy) is 2. The molecule has 6 nitrogen and oxygen atoms in total. The van der Waals surface area contributed by atoms with Gasteiger partial charge in [-0.1, -0.05) is 6.92 Å². The molecule has 0 aromatic heterocycles. The Balaban J connectivity index is 2.36. The van der Waals surface area contributed by atoms with E-state index < -0.39 is 5.54 Å². The highest BCUT2D eigenvalue weighted by Gasteiger charge is 2.47. The number of carbonyl (C=O) groups excluding carboxylic acids is 2. The van der Waals surface area contributed by atoms with Gasteiger partial charge in [-0.25, -0.2) is 4.79 Å². The summed E-state index contributed by atoms with van der Waals surface area (Å²) in [6.45, 7) is 5.89. The lowest BCUT2D eigenvalue weighted by Crippen LogP contribution is -2.47. The van der Waals surface area contributed by atoms with Crippen LogP contribution in [0.15, 0.2) is 0 Å². The van der Waals surface area contributed by atoms with Crippen molar-refractivity contribution in [3.8, 4) is 0 Å². The van der Waals surface area contributed by atoms with E-state index in [4.69, 9.17) is 9.47 Å². The lowest BCUT2D eigenvalue weighted by Gasteiger charge is -2.30. The molecule has 104 valence electrons. The van der Waals surface area contributed by atoms with Crippen LogP contribution in [0.1, 0.15) is 26.7 Å². The van der Waals surface area contributed by atoms with Crippen molar-refractivity contribution in [2.45, 2.75) is 32.2 Å². The molecule has 1 heterocycles. The van der Waals surface area contributed by atoms with E-state index >= 15 is 0 Å². The van der Waals surface area contributed by atoms with Gasteiger partial charge in [-0.2, -0.15) is 0 Å². The van der Waals surface area contributed by atoms with Gasteiger partial charge in [0.2, 0.25) is 0 Å². The highest BCUT2D eigenvalue weighted by Crippen LogP contribution is 2.25. The third-order valence-electron chi connectivity index (χ3n) is 3.34. The number of rotatable bonds is 8. The molecule has 0 aliphatic carbocycles. The first kappa shape index (κ1) is 14.9. The summed E-state index contributed by atoms with van der Waals surface area (Å²) in [5, 5.41) is 2.36. The van der Waals surface area contributed by atoms with Crippen molar-refractivity contribution in [3.05, 3.63) is 0 Å². The van der Waals surface area contributed by atoms with Gasteiger partial charge in [0.15, 0.2) is 0 Å². The van der Waals surface area contributed by atoms with E-state index in [9.17, 15) is 9.59 Å². The molecule has 3 amide bonds. The lowest BCUT2D eigenvalue weighted by atomic mass is 9.97. The molecule has 0 saturated carbocycles. The quantitative estimate of drug-likeness (QED) is 0.515. The van der Waals surface area contributed by atoms with Crippen molar-refractivity contribution in [3.63, 3.8) is 0 Å². The molecule has 1 N–H and O–H groups in total. The van der Waals surface area contributed by atoms with Gasteiger partial charge in [0, 0.05) is 20.3 Å². The third kappa shape index (κ3) is 3.20. The molecular weight excluding hydrogens is 236 g/mol. The Labute approximate surface area is 108 Å². The van der Waals surface area contributed by atoms with Gasteiger partial charge in [-0.3, -0.25) is 10.1 Å². The van der Waals surface area contributed by atoms with Gasteiger partial charge in [0.25, 0.3) is 5.91 Å². The Bertz CT molecular complexity index is 308. The summed E-state index contributed by atoms with van der Waals surface area (Å²) in [5.41, 5.74) is -0.719. The Hall–Kier alpha value is -1.14. The van der Waals surface area contributed by atoms with Crippen LogP contribution in [0.25, 0.3) is 0 Å². The molecule has 1 unspecified atom stereocenters. The zero-order chi connectivity index (χ0) is 13.6. The van der Waals surface area contributed by atoms with Crippen LogP contribution in [-0.4, -0.2) is 55.9 Å².